The molecule has 1 aromatic heterocycles. The molecule has 0 atom stereocenters. The maximum Gasteiger partial charge on any atom is 0.406 e. The Morgan fingerprint density at radius 2 is 1.95 bits per heavy atom. The Hall–Kier alpha value is -1.86. The van der Waals surface area contributed by atoms with Crippen LogP contribution in [0.1, 0.15) is 37.2 Å². The first-order valence-electron chi connectivity index (χ1n) is 6.81. The first kappa shape index (κ1) is 17.2. The largest absolute Gasteiger partial charge is 0.406 e. The number of nitrogens with one attached hydrogen (secondary N) is 1. The zero-order chi connectivity index (χ0) is 15.9. The number of amides is 1. The molecule has 0 saturated carbocycles. The number of rotatable bonds is 7. The summed E-state index contributed by atoms with van der Waals surface area (Å²) in [6, 6.07) is 2.92. The highest BCUT2D eigenvalue weighted by Crippen LogP contribution is 2.18. The molecule has 0 aliphatic carbocycles. The third-order valence-electron chi connectivity index (χ3n) is 2.59. The Balaban J connectivity index is 2.78. The van der Waals surface area contributed by atoms with Gasteiger partial charge in [0.15, 0.2) is 5.69 Å². The second-order valence-corrected chi connectivity index (χ2v) is 4.57. The Morgan fingerprint density at radius 3 is 2.43 bits per heavy atom. The van der Waals surface area contributed by atoms with Crippen LogP contribution in [-0.2, 0) is 0 Å². The average molecular weight is 304 g/mol. The molecular weight excluding hydrogens is 285 g/mol. The first-order chi connectivity index (χ1) is 9.87. The summed E-state index contributed by atoms with van der Waals surface area (Å²) in [6.07, 6.45) is -3.09. The summed E-state index contributed by atoms with van der Waals surface area (Å²) in [6.45, 7) is 3.14. The van der Waals surface area contributed by atoms with Gasteiger partial charge in [-0.15, -0.1) is 10.2 Å². The van der Waals surface area contributed by atoms with E-state index in [2.05, 4.69) is 15.5 Å². The van der Waals surface area contributed by atoms with Crippen molar-refractivity contribution in [2.45, 2.75) is 32.9 Å². The molecule has 0 radical (unpaired) electrons. The summed E-state index contributed by atoms with van der Waals surface area (Å²) in [5.74, 6) is -0.269. The summed E-state index contributed by atoms with van der Waals surface area (Å²) in [4.78, 5) is 12.8. The monoisotopic (exact) mass is 304 g/mol. The minimum absolute atomic E-state index is 0.0237. The fraction of sp³-hybridized carbons (Fsp3) is 0.615. The minimum Gasteiger partial charge on any atom is -0.369 e. The zero-order valence-electron chi connectivity index (χ0n) is 12.1. The Bertz CT molecular complexity index is 448. The highest BCUT2D eigenvalue weighted by atomic mass is 19.4. The lowest BCUT2D eigenvalue weighted by atomic mass is 10.3. The van der Waals surface area contributed by atoms with Crippen molar-refractivity contribution in [3.8, 4) is 0 Å². The van der Waals surface area contributed by atoms with Gasteiger partial charge in [-0.25, -0.2) is 0 Å². The summed E-state index contributed by atoms with van der Waals surface area (Å²) in [5, 5.41) is 10.5. The molecule has 0 bridgehead atoms. The van der Waals surface area contributed by atoms with Crippen LogP contribution in [0.4, 0.5) is 19.0 Å². The van der Waals surface area contributed by atoms with Gasteiger partial charge >= 0.3 is 6.18 Å². The molecular formula is C13H19F3N4O. The van der Waals surface area contributed by atoms with E-state index in [0.29, 0.717) is 18.8 Å². The smallest absolute Gasteiger partial charge is 0.369 e. The first-order valence-corrected chi connectivity index (χ1v) is 6.81. The van der Waals surface area contributed by atoms with E-state index in [0.717, 1.165) is 11.3 Å². The van der Waals surface area contributed by atoms with E-state index in [4.69, 9.17) is 0 Å². The van der Waals surface area contributed by atoms with Gasteiger partial charge < -0.3 is 10.2 Å². The van der Waals surface area contributed by atoms with Gasteiger partial charge in [-0.3, -0.25) is 4.79 Å². The number of alkyl halides is 3. The van der Waals surface area contributed by atoms with Gasteiger partial charge in [-0.1, -0.05) is 13.8 Å². The average Bonchev–Trinajstić information content (AvgIpc) is 2.43. The van der Waals surface area contributed by atoms with Crippen molar-refractivity contribution in [3.63, 3.8) is 0 Å². The molecule has 0 aromatic carbocycles. The molecule has 0 aliphatic rings. The minimum atomic E-state index is -4.43. The van der Waals surface area contributed by atoms with Crippen molar-refractivity contribution in [2.24, 2.45) is 0 Å². The van der Waals surface area contributed by atoms with E-state index in [1.165, 1.54) is 12.1 Å². The zero-order valence-corrected chi connectivity index (χ0v) is 12.1. The fourth-order valence-electron chi connectivity index (χ4n) is 1.69. The second-order valence-electron chi connectivity index (χ2n) is 4.57. The molecule has 0 saturated heterocycles. The van der Waals surface area contributed by atoms with Crippen LogP contribution in [-0.4, -0.2) is 46.8 Å². The molecule has 0 unspecified atom stereocenters. The van der Waals surface area contributed by atoms with Gasteiger partial charge in [0.25, 0.3) is 5.91 Å². The van der Waals surface area contributed by atoms with E-state index in [-0.39, 0.29) is 12.2 Å². The summed E-state index contributed by atoms with van der Waals surface area (Å²) >= 11 is 0. The molecule has 1 N–H and O–H groups in total. The van der Waals surface area contributed by atoms with Crippen LogP contribution in [0.2, 0.25) is 0 Å². The van der Waals surface area contributed by atoms with Crippen molar-refractivity contribution in [3.05, 3.63) is 17.8 Å². The molecule has 1 heterocycles. The lowest BCUT2D eigenvalue weighted by Crippen LogP contribution is -2.39. The highest BCUT2D eigenvalue weighted by Gasteiger charge is 2.33. The van der Waals surface area contributed by atoms with Gasteiger partial charge in [0.1, 0.15) is 12.4 Å². The lowest BCUT2D eigenvalue weighted by molar-refractivity contribution is -0.140. The number of hydrogen-bond acceptors (Lipinski definition) is 4. The van der Waals surface area contributed by atoms with Crippen LogP contribution in [0.25, 0.3) is 0 Å². The van der Waals surface area contributed by atoms with E-state index >= 15 is 0 Å². The maximum absolute atomic E-state index is 12.5. The number of nitrogens with zero attached hydrogens (tertiary/aromatic N) is 3. The number of carbonyl (C=O) groups is 1. The van der Waals surface area contributed by atoms with Crippen molar-refractivity contribution >= 4 is 11.7 Å². The maximum atomic E-state index is 12.5. The van der Waals surface area contributed by atoms with Crippen LogP contribution in [0.5, 0.6) is 0 Å². The molecule has 0 spiro atoms. The molecule has 1 aromatic rings. The van der Waals surface area contributed by atoms with Gasteiger partial charge in [0.2, 0.25) is 0 Å². The van der Waals surface area contributed by atoms with E-state index in [9.17, 15) is 18.0 Å². The summed E-state index contributed by atoms with van der Waals surface area (Å²) in [7, 11) is 0. The Labute approximate surface area is 121 Å². The summed E-state index contributed by atoms with van der Waals surface area (Å²) in [5.41, 5.74) is -0.0882. The molecule has 0 aliphatic heterocycles. The Kier molecular flexibility index (Phi) is 6.39. The van der Waals surface area contributed by atoms with Crippen molar-refractivity contribution in [1.29, 1.82) is 0 Å². The predicted molar refractivity (Wildman–Crippen MR) is 73.1 cm³/mol. The van der Waals surface area contributed by atoms with Crippen molar-refractivity contribution in [2.75, 3.05) is 25.0 Å². The van der Waals surface area contributed by atoms with Crippen LogP contribution >= 0.6 is 0 Å². The van der Waals surface area contributed by atoms with Gasteiger partial charge in [0, 0.05) is 13.1 Å². The predicted octanol–water partition coefficient (Wildman–Crippen LogP) is 2.71. The highest BCUT2D eigenvalue weighted by molar-refractivity contribution is 5.92. The van der Waals surface area contributed by atoms with E-state index in [1.807, 2.05) is 6.92 Å². The van der Waals surface area contributed by atoms with Crippen LogP contribution in [0.15, 0.2) is 12.1 Å². The van der Waals surface area contributed by atoms with Crippen molar-refractivity contribution < 1.29 is 18.0 Å². The standard InChI is InChI=1S/C13H19F3N4O/c1-3-7-17-11-6-5-10(18-19-11)12(21)20(8-4-2)9-13(14,15)16/h5-6H,3-4,7-9H2,1-2H3,(H,17,19). The number of hydrogen-bond donors (Lipinski definition) is 1. The lowest BCUT2D eigenvalue weighted by Gasteiger charge is -2.22. The number of anilines is 1. The third kappa shape index (κ3) is 5.97. The second kappa shape index (κ2) is 7.80. The number of aromatic nitrogens is 2. The van der Waals surface area contributed by atoms with E-state index in [1.54, 1.807) is 6.92 Å². The number of carbonyl (C=O) groups excluding carboxylic acids is 1. The van der Waals surface area contributed by atoms with Gasteiger partial charge in [-0.2, -0.15) is 13.2 Å². The molecule has 1 amide bonds. The molecule has 8 heteroatoms. The fourth-order valence-corrected chi connectivity index (χ4v) is 1.69. The summed E-state index contributed by atoms with van der Waals surface area (Å²) < 4.78 is 37.4. The third-order valence-corrected chi connectivity index (χ3v) is 2.59. The van der Waals surface area contributed by atoms with Gasteiger partial charge in [0.05, 0.1) is 0 Å². The topological polar surface area (TPSA) is 58.1 Å². The number of halogens is 3. The van der Waals surface area contributed by atoms with E-state index < -0.39 is 18.6 Å². The van der Waals surface area contributed by atoms with Crippen LogP contribution in [0, 0.1) is 0 Å². The molecule has 1 rings (SSSR count). The van der Waals surface area contributed by atoms with Gasteiger partial charge in [-0.05, 0) is 25.0 Å². The van der Waals surface area contributed by atoms with Crippen LogP contribution < -0.4 is 5.32 Å². The quantitative estimate of drug-likeness (QED) is 0.841. The molecule has 5 nitrogen and oxygen atoms in total. The SMILES string of the molecule is CCCNc1ccc(C(=O)N(CCC)CC(F)(F)F)nn1. The molecule has 118 valence electrons. The molecule has 21 heavy (non-hydrogen) atoms. The van der Waals surface area contributed by atoms with Crippen molar-refractivity contribution in [1.82, 2.24) is 15.1 Å². The molecule has 0 fully saturated rings. The normalized spacial score (nSPS) is 11.3. The Morgan fingerprint density at radius 1 is 1.24 bits per heavy atom. The van der Waals surface area contributed by atoms with Crippen LogP contribution in [0.3, 0.4) is 0 Å².